The molecule has 0 atom stereocenters. The van der Waals surface area contributed by atoms with Gasteiger partial charge in [0.2, 0.25) is 0 Å². The minimum atomic E-state index is 0.385. The van der Waals surface area contributed by atoms with Gasteiger partial charge in [-0.1, -0.05) is 35.9 Å². The fraction of sp³-hybridized carbons (Fsp3) is 0.208. The molecule has 0 spiro atoms. The van der Waals surface area contributed by atoms with E-state index in [-0.39, 0.29) is 0 Å². The van der Waals surface area contributed by atoms with Crippen molar-refractivity contribution in [3.63, 3.8) is 0 Å². The first kappa shape index (κ1) is 20.0. The molecule has 3 aromatic carbocycles. The number of halogens is 1. The van der Waals surface area contributed by atoms with E-state index >= 15 is 0 Å². The molecule has 0 saturated heterocycles. The number of nitrogens with zero attached hydrogens (tertiary/aromatic N) is 1. The van der Waals surface area contributed by atoms with E-state index in [0.717, 1.165) is 16.8 Å². The molecule has 0 aliphatic heterocycles. The molecule has 0 amide bonds. The quantitative estimate of drug-likeness (QED) is 0.419. The molecule has 144 valence electrons. The van der Waals surface area contributed by atoms with Gasteiger partial charge in [-0.05, 0) is 73.9 Å². The number of hydrogen-bond donors (Lipinski definition) is 0. The van der Waals surface area contributed by atoms with Crippen molar-refractivity contribution < 1.29 is 9.47 Å². The largest absolute Gasteiger partial charge is 0.490 e. The lowest BCUT2D eigenvalue weighted by molar-refractivity contribution is 0.269. The summed E-state index contributed by atoms with van der Waals surface area (Å²) in [5.41, 5.74) is 5.31. The van der Waals surface area contributed by atoms with Gasteiger partial charge in [0, 0.05) is 16.8 Å². The summed E-state index contributed by atoms with van der Waals surface area (Å²) >= 11 is 6.21. The standard InChI is InChI=1S/C24H24ClNO2/c1-4-27-24-14-19(15-26-21-11-9-17(2)18(3)13-21)10-12-23(24)28-16-20-7-5-6-8-22(20)25/h5-15H,4,16H2,1-3H3. The molecule has 28 heavy (non-hydrogen) atoms. The Hall–Kier alpha value is -2.78. The van der Waals surface area contributed by atoms with Gasteiger partial charge >= 0.3 is 0 Å². The lowest BCUT2D eigenvalue weighted by Crippen LogP contribution is -2.00. The van der Waals surface area contributed by atoms with Crippen molar-refractivity contribution in [2.24, 2.45) is 4.99 Å². The zero-order chi connectivity index (χ0) is 19.9. The molecule has 0 fully saturated rings. The minimum Gasteiger partial charge on any atom is -0.490 e. The zero-order valence-electron chi connectivity index (χ0n) is 16.4. The first-order chi connectivity index (χ1) is 13.6. The van der Waals surface area contributed by atoms with Crippen LogP contribution >= 0.6 is 11.6 Å². The minimum absolute atomic E-state index is 0.385. The van der Waals surface area contributed by atoms with Crippen molar-refractivity contribution in [2.75, 3.05) is 6.61 Å². The van der Waals surface area contributed by atoms with Crippen molar-refractivity contribution in [1.82, 2.24) is 0 Å². The summed E-state index contributed by atoms with van der Waals surface area (Å²) in [6.07, 6.45) is 1.84. The van der Waals surface area contributed by atoms with Crippen LogP contribution < -0.4 is 9.47 Å². The van der Waals surface area contributed by atoms with Gasteiger partial charge in [-0.25, -0.2) is 0 Å². The molecule has 3 nitrogen and oxygen atoms in total. The maximum Gasteiger partial charge on any atom is 0.161 e. The molecule has 0 aliphatic carbocycles. The van der Waals surface area contributed by atoms with Crippen LogP contribution in [-0.4, -0.2) is 12.8 Å². The fourth-order valence-electron chi connectivity index (χ4n) is 2.72. The molecule has 0 radical (unpaired) electrons. The van der Waals surface area contributed by atoms with Gasteiger partial charge in [0.25, 0.3) is 0 Å². The van der Waals surface area contributed by atoms with Crippen LogP contribution in [0.4, 0.5) is 5.69 Å². The monoisotopic (exact) mass is 393 g/mol. The number of ether oxygens (including phenoxy) is 2. The molecule has 0 aliphatic rings. The maximum absolute atomic E-state index is 6.21. The first-order valence-electron chi connectivity index (χ1n) is 9.31. The molecule has 0 N–H and O–H groups in total. The lowest BCUT2D eigenvalue weighted by Gasteiger charge is -2.13. The summed E-state index contributed by atoms with van der Waals surface area (Å²) in [7, 11) is 0. The Bertz CT molecular complexity index is 982. The van der Waals surface area contributed by atoms with Crippen LogP contribution in [0.5, 0.6) is 11.5 Å². The van der Waals surface area contributed by atoms with E-state index in [0.29, 0.717) is 29.7 Å². The van der Waals surface area contributed by atoms with E-state index in [9.17, 15) is 0 Å². The summed E-state index contributed by atoms with van der Waals surface area (Å²) in [5.74, 6) is 1.38. The number of rotatable bonds is 7. The average molecular weight is 394 g/mol. The van der Waals surface area contributed by atoms with Crippen LogP contribution in [0.25, 0.3) is 0 Å². The van der Waals surface area contributed by atoms with E-state index in [1.165, 1.54) is 11.1 Å². The van der Waals surface area contributed by atoms with Crippen molar-refractivity contribution in [3.05, 3.63) is 87.9 Å². The summed E-state index contributed by atoms with van der Waals surface area (Å²) in [5, 5.41) is 0.692. The highest BCUT2D eigenvalue weighted by molar-refractivity contribution is 6.31. The SMILES string of the molecule is CCOc1cc(C=Nc2ccc(C)c(C)c2)ccc1OCc1ccccc1Cl. The molecular weight excluding hydrogens is 370 g/mol. The summed E-state index contributed by atoms with van der Waals surface area (Å²) in [4.78, 5) is 4.58. The van der Waals surface area contributed by atoms with Crippen molar-refractivity contribution in [3.8, 4) is 11.5 Å². The third kappa shape index (κ3) is 5.14. The second kappa shape index (κ2) is 9.43. The van der Waals surface area contributed by atoms with Crippen molar-refractivity contribution in [2.45, 2.75) is 27.4 Å². The number of aliphatic imine (C=N–C) groups is 1. The summed E-state index contributed by atoms with van der Waals surface area (Å²) < 4.78 is 11.7. The normalized spacial score (nSPS) is 11.0. The first-order valence-corrected chi connectivity index (χ1v) is 9.69. The smallest absolute Gasteiger partial charge is 0.161 e. The third-order valence-electron chi connectivity index (χ3n) is 4.46. The number of aryl methyl sites for hydroxylation is 2. The van der Waals surface area contributed by atoms with Gasteiger partial charge in [-0.2, -0.15) is 0 Å². The predicted molar refractivity (Wildman–Crippen MR) is 117 cm³/mol. The molecule has 4 heteroatoms. The van der Waals surface area contributed by atoms with Crippen LogP contribution in [-0.2, 0) is 6.61 Å². The average Bonchev–Trinajstić information content (AvgIpc) is 2.69. The third-order valence-corrected chi connectivity index (χ3v) is 4.83. The van der Waals surface area contributed by atoms with E-state index in [1.807, 2.05) is 61.7 Å². The molecule has 0 heterocycles. The van der Waals surface area contributed by atoms with Gasteiger partial charge in [0.15, 0.2) is 11.5 Å². The van der Waals surface area contributed by atoms with Crippen LogP contribution in [0.15, 0.2) is 65.7 Å². The second-order valence-corrected chi connectivity index (χ2v) is 6.95. The Balaban J connectivity index is 1.77. The van der Waals surface area contributed by atoms with Gasteiger partial charge in [0.1, 0.15) is 6.61 Å². The zero-order valence-corrected chi connectivity index (χ0v) is 17.2. The van der Waals surface area contributed by atoms with Crippen LogP contribution in [0.2, 0.25) is 5.02 Å². The fourth-order valence-corrected chi connectivity index (χ4v) is 2.91. The van der Waals surface area contributed by atoms with Crippen LogP contribution in [0.1, 0.15) is 29.2 Å². The summed E-state index contributed by atoms with van der Waals surface area (Å²) in [6, 6.07) is 19.7. The van der Waals surface area contributed by atoms with Crippen molar-refractivity contribution in [1.29, 1.82) is 0 Å². The van der Waals surface area contributed by atoms with Crippen LogP contribution in [0, 0.1) is 13.8 Å². The molecule has 0 saturated carbocycles. The Labute approximate surface area is 171 Å². The lowest BCUT2D eigenvalue weighted by atomic mass is 10.1. The molecule has 3 rings (SSSR count). The number of benzene rings is 3. The molecule has 0 unspecified atom stereocenters. The molecular formula is C24H24ClNO2. The topological polar surface area (TPSA) is 30.8 Å². The molecule has 0 aromatic heterocycles. The molecule has 0 bridgehead atoms. The highest BCUT2D eigenvalue weighted by atomic mass is 35.5. The van der Waals surface area contributed by atoms with Gasteiger partial charge in [-0.15, -0.1) is 0 Å². The second-order valence-electron chi connectivity index (χ2n) is 6.55. The Morgan fingerprint density at radius 3 is 2.46 bits per heavy atom. The van der Waals surface area contributed by atoms with E-state index in [1.54, 1.807) is 0 Å². The number of hydrogen-bond acceptors (Lipinski definition) is 3. The van der Waals surface area contributed by atoms with E-state index < -0.39 is 0 Å². The highest BCUT2D eigenvalue weighted by Crippen LogP contribution is 2.30. The Morgan fingerprint density at radius 2 is 1.71 bits per heavy atom. The van der Waals surface area contributed by atoms with Crippen molar-refractivity contribution >= 4 is 23.5 Å². The van der Waals surface area contributed by atoms with E-state index in [4.69, 9.17) is 21.1 Å². The van der Waals surface area contributed by atoms with Gasteiger partial charge < -0.3 is 9.47 Å². The van der Waals surface area contributed by atoms with E-state index in [2.05, 4.69) is 31.0 Å². The Morgan fingerprint density at radius 1 is 0.893 bits per heavy atom. The summed E-state index contributed by atoms with van der Waals surface area (Å²) in [6.45, 7) is 7.08. The van der Waals surface area contributed by atoms with Gasteiger partial charge in [-0.3, -0.25) is 4.99 Å². The Kier molecular flexibility index (Phi) is 6.72. The molecule has 3 aromatic rings. The maximum atomic E-state index is 6.21. The highest BCUT2D eigenvalue weighted by Gasteiger charge is 2.08. The van der Waals surface area contributed by atoms with Crippen LogP contribution in [0.3, 0.4) is 0 Å². The predicted octanol–water partition coefficient (Wildman–Crippen LogP) is 6.69. The van der Waals surface area contributed by atoms with Gasteiger partial charge in [0.05, 0.1) is 12.3 Å².